The van der Waals surface area contributed by atoms with Gasteiger partial charge in [-0.15, -0.1) is 16.2 Å². The lowest BCUT2D eigenvalue weighted by molar-refractivity contribution is 0.0949. The summed E-state index contributed by atoms with van der Waals surface area (Å²) in [6.07, 6.45) is 2.86. The predicted octanol–water partition coefficient (Wildman–Crippen LogP) is 2.77. The van der Waals surface area contributed by atoms with E-state index in [9.17, 15) is 22.0 Å². The third-order valence-electron chi connectivity index (χ3n) is 4.04. The second-order valence-electron chi connectivity index (χ2n) is 6.04. The molecule has 2 N–H and O–H groups in total. The summed E-state index contributed by atoms with van der Waals surface area (Å²) >= 11 is 1.33. The number of nitrogens with one attached hydrogen (secondary N) is 2. The van der Waals surface area contributed by atoms with Crippen LogP contribution in [0.4, 0.5) is 8.78 Å². The number of benzene rings is 1. The molecule has 2 aromatic rings. The zero-order valence-corrected chi connectivity index (χ0v) is 14.9. The number of amides is 1. The lowest BCUT2D eigenvalue weighted by Gasteiger charge is -2.16. The first-order chi connectivity index (χ1) is 11.8. The number of rotatable bonds is 4. The first-order valence-corrected chi connectivity index (χ1v) is 9.95. The number of carbonyl (C=O) groups excluding carboxylic acids is 1. The Labute approximate surface area is 148 Å². The van der Waals surface area contributed by atoms with Crippen LogP contribution in [0, 0.1) is 17.6 Å². The van der Waals surface area contributed by atoms with Gasteiger partial charge in [0.05, 0.1) is 4.88 Å². The highest BCUT2D eigenvalue weighted by atomic mass is 32.2. The minimum Gasteiger partial charge on any atom is -0.273 e. The molecular weight excluding hydrogens is 370 g/mol. The van der Waals surface area contributed by atoms with Gasteiger partial charge in [-0.25, -0.2) is 17.2 Å². The number of hydrazine groups is 1. The third kappa shape index (κ3) is 3.88. The van der Waals surface area contributed by atoms with Crippen LogP contribution in [0.25, 0.3) is 0 Å². The number of thiophene rings is 1. The van der Waals surface area contributed by atoms with Crippen molar-refractivity contribution in [3.05, 3.63) is 51.2 Å². The van der Waals surface area contributed by atoms with Gasteiger partial charge in [-0.3, -0.25) is 10.2 Å². The quantitative estimate of drug-likeness (QED) is 0.794. The number of sulfonamides is 1. The van der Waals surface area contributed by atoms with Crippen molar-refractivity contribution < 1.29 is 22.0 Å². The van der Waals surface area contributed by atoms with Crippen LogP contribution in [0.3, 0.4) is 0 Å². The molecule has 0 aliphatic heterocycles. The first kappa shape index (κ1) is 18.0. The largest absolute Gasteiger partial charge is 0.276 e. The van der Waals surface area contributed by atoms with Crippen molar-refractivity contribution in [2.75, 3.05) is 0 Å². The van der Waals surface area contributed by atoms with E-state index in [0.717, 1.165) is 41.8 Å². The molecule has 0 bridgehead atoms. The van der Waals surface area contributed by atoms with Crippen LogP contribution in [0.5, 0.6) is 0 Å². The van der Waals surface area contributed by atoms with E-state index in [4.69, 9.17) is 0 Å². The molecule has 0 saturated carbocycles. The van der Waals surface area contributed by atoms with Gasteiger partial charge in [0.1, 0.15) is 16.5 Å². The van der Waals surface area contributed by atoms with Gasteiger partial charge in [-0.2, -0.15) is 0 Å². The van der Waals surface area contributed by atoms with Crippen LogP contribution in [-0.4, -0.2) is 14.3 Å². The van der Waals surface area contributed by atoms with Crippen molar-refractivity contribution >= 4 is 27.3 Å². The van der Waals surface area contributed by atoms with Crippen LogP contribution in [0.2, 0.25) is 0 Å². The lowest BCUT2D eigenvalue weighted by Crippen LogP contribution is -2.41. The number of hydrogen-bond donors (Lipinski definition) is 2. The van der Waals surface area contributed by atoms with Crippen molar-refractivity contribution in [1.82, 2.24) is 10.3 Å². The standard InChI is InChI=1S/C16H16F2N2O3S2/c1-9-2-4-13-10(6-9)7-14(24-13)16(21)19-20-25(22,23)15-5-3-11(17)8-12(15)18/h3,5,7-9,20H,2,4,6H2,1H3,(H,19,21). The highest BCUT2D eigenvalue weighted by Crippen LogP contribution is 2.32. The van der Waals surface area contributed by atoms with Crippen molar-refractivity contribution in [3.63, 3.8) is 0 Å². The molecule has 25 heavy (non-hydrogen) atoms. The van der Waals surface area contributed by atoms with Gasteiger partial charge < -0.3 is 0 Å². The maximum atomic E-state index is 13.6. The summed E-state index contributed by atoms with van der Waals surface area (Å²) in [7, 11) is -4.34. The Bertz CT molecular complexity index is 925. The zero-order valence-electron chi connectivity index (χ0n) is 13.3. The Morgan fingerprint density at radius 1 is 1.28 bits per heavy atom. The van der Waals surface area contributed by atoms with Crippen LogP contribution in [0.15, 0.2) is 29.2 Å². The number of fused-ring (bicyclic) bond motifs is 1. The van der Waals surface area contributed by atoms with Crippen molar-refractivity contribution in [3.8, 4) is 0 Å². The van der Waals surface area contributed by atoms with Gasteiger partial charge in [0, 0.05) is 10.9 Å². The van der Waals surface area contributed by atoms with E-state index in [0.29, 0.717) is 16.9 Å². The average Bonchev–Trinajstić information content (AvgIpc) is 2.95. The molecule has 1 aromatic carbocycles. The summed E-state index contributed by atoms with van der Waals surface area (Å²) < 4.78 is 50.6. The third-order valence-corrected chi connectivity index (χ3v) is 6.55. The second-order valence-corrected chi connectivity index (χ2v) is 8.83. The fraction of sp³-hybridized carbons (Fsp3) is 0.312. The number of aryl methyl sites for hydroxylation is 1. The number of halogens is 2. The molecule has 3 rings (SSSR count). The summed E-state index contributed by atoms with van der Waals surface area (Å²) in [4.78, 5) is 14.8. The van der Waals surface area contributed by atoms with Crippen LogP contribution in [-0.2, 0) is 22.9 Å². The van der Waals surface area contributed by atoms with Gasteiger partial charge >= 0.3 is 0 Å². The molecule has 1 unspecified atom stereocenters. The van der Waals surface area contributed by atoms with Gasteiger partial charge in [0.15, 0.2) is 0 Å². The molecule has 0 saturated heterocycles. The Hall–Kier alpha value is -1.84. The van der Waals surface area contributed by atoms with E-state index >= 15 is 0 Å². The SMILES string of the molecule is CC1CCc2sc(C(=O)NNS(=O)(=O)c3ccc(F)cc3F)cc2C1. The van der Waals surface area contributed by atoms with E-state index in [1.165, 1.54) is 11.3 Å². The van der Waals surface area contributed by atoms with Gasteiger partial charge in [-0.1, -0.05) is 6.92 Å². The van der Waals surface area contributed by atoms with Crippen LogP contribution >= 0.6 is 11.3 Å². The minimum absolute atomic E-state index is 0.390. The van der Waals surface area contributed by atoms with Crippen LogP contribution in [0.1, 0.15) is 33.5 Å². The maximum Gasteiger partial charge on any atom is 0.276 e. The lowest BCUT2D eigenvalue weighted by atomic mass is 9.90. The Morgan fingerprint density at radius 3 is 2.76 bits per heavy atom. The van der Waals surface area contributed by atoms with E-state index in [1.54, 1.807) is 6.07 Å². The topological polar surface area (TPSA) is 75.3 Å². The smallest absolute Gasteiger partial charge is 0.273 e. The van der Waals surface area contributed by atoms with Gasteiger partial charge in [0.2, 0.25) is 0 Å². The minimum atomic E-state index is -4.34. The molecule has 9 heteroatoms. The Kier molecular flexibility index (Phi) is 4.90. The molecular formula is C16H16F2N2O3S2. The summed E-state index contributed by atoms with van der Waals surface area (Å²) in [6.45, 7) is 2.14. The number of hydrogen-bond acceptors (Lipinski definition) is 4. The van der Waals surface area contributed by atoms with Crippen LogP contribution < -0.4 is 10.3 Å². The van der Waals surface area contributed by atoms with E-state index in [2.05, 4.69) is 12.3 Å². The van der Waals surface area contributed by atoms with E-state index in [-0.39, 0.29) is 0 Å². The highest BCUT2D eigenvalue weighted by molar-refractivity contribution is 7.89. The van der Waals surface area contributed by atoms with Crippen molar-refractivity contribution in [1.29, 1.82) is 0 Å². The Balaban J connectivity index is 1.71. The molecule has 1 aliphatic rings. The maximum absolute atomic E-state index is 13.6. The molecule has 1 aromatic heterocycles. The molecule has 134 valence electrons. The van der Waals surface area contributed by atoms with Gasteiger partial charge in [-0.05, 0) is 48.9 Å². The van der Waals surface area contributed by atoms with Crippen molar-refractivity contribution in [2.45, 2.75) is 31.1 Å². The monoisotopic (exact) mass is 386 g/mol. The molecule has 0 spiro atoms. The average molecular weight is 386 g/mol. The predicted molar refractivity (Wildman–Crippen MR) is 89.7 cm³/mol. The highest BCUT2D eigenvalue weighted by Gasteiger charge is 2.23. The van der Waals surface area contributed by atoms with Crippen molar-refractivity contribution in [2.24, 2.45) is 5.92 Å². The molecule has 1 atom stereocenters. The first-order valence-electron chi connectivity index (χ1n) is 7.65. The second kappa shape index (κ2) is 6.81. The fourth-order valence-electron chi connectivity index (χ4n) is 2.74. The number of carbonyl (C=O) groups is 1. The Morgan fingerprint density at radius 2 is 2.04 bits per heavy atom. The summed E-state index contributed by atoms with van der Waals surface area (Å²) in [5, 5.41) is 0. The molecule has 5 nitrogen and oxygen atoms in total. The van der Waals surface area contributed by atoms with E-state index in [1.807, 2.05) is 4.83 Å². The van der Waals surface area contributed by atoms with Gasteiger partial charge in [0.25, 0.3) is 15.9 Å². The molecule has 1 amide bonds. The summed E-state index contributed by atoms with van der Waals surface area (Å²) in [6, 6.07) is 3.85. The molecule has 1 aliphatic carbocycles. The fourth-order valence-corrected chi connectivity index (χ4v) is 4.74. The van der Waals surface area contributed by atoms with E-state index < -0.39 is 32.5 Å². The summed E-state index contributed by atoms with van der Waals surface area (Å²) in [5.74, 6) is -2.18. The normalized spacial score (nSPS) is 17.2. The molecule has 0 radical (unpaired) electrons. The summed E-state index contributed by atoms with van der Waals surface area (Å²) in [5.41, 5.74) is 3.19. The molecule has 0 fully saturated rings. The zero-order chi connectivity index (χ0) is 18.2. The molecule has 1 heterocycles.